The number of hydrogen-bond acceptors (Lipinski definition) is 6. The van der Waals surface area contributed by atoms with Gasteiger partial charge in [-0.2, -0.15) is 4.98 Å². The molecule has 1 rings (SSSR count). The van der Waals surface area contributed by atoms with Gasteiger partial charge in [0.25, 0.3) is 5.82 Å². The van der Waals surface area contributed by atoms with Crippen LogP contribution in [-0.4, -0.2) is 22.7 Å². The molecular weight excluding hydrogens is 210 g/mol. The lowest BCUT2D eigenvalue weighted by Crippen LogP contribution is -2.11. The molecule has 0 fully saturated rings. The Bertz CT molecular complexity index is 338. The average Bonchev–Trinajstić information content (AvgIpc) is 2.75. The van der Waals surface area contributed by atoms with Crippen molar-refractivity contribution < 1.29 is 14.1 Å². The summed E-state index contributed by atoms with van der Waals surface area (Å²) < 4.78 is 9.64. The third kappa shape index (κ3) is 3.30. The van der Waals surface area contributed by atoms with Crippen molar-refractivity contribution >= 4 is 5.97 Å². The lowest BCUT2D eigenvalue weighted by molar-refractivity contribution is 0.0508. The van der Waals surface area contributed by atoms with Gasteiger partial charge >= 0.3 is 5.97 Å². The molecule has 0 saturated heterocycles. The van der Waals surface area contributed by atoms with Crippen molar-refractivity contribution in [1.29, 1.82) is 0 Å². The van der Waals surface area contributed by atoms with Crippen LogP contribution < -0.4 is 5.73 Å². The fourth-order valence-electron chi connectivity index (χ4n) is 1.21. The van der Waals surface area contributed by atoms with Crippen molar-refractivity contribution in [2.24, 2.45) is 5.73 Å². The van der Waals surface area contributed by atoms with Crippen LogP contribution in [0.25, 0.3) is 0 Å². The molecule has 0 amide bonds. The highest BCUT2D eigenvalue weighted by molar-refractivity contribution is 5.84. The van der Waals surface area contributed by atoms with Crippen LogP contribution in [0.5, 0.6) is 0 Å². The predicted molar refractivity (Wildman–Crippen MR) is 56.7 cm³/mol. The first-order valence-electron chi connectivity index (χ1n) is 5.45. The molecule has 0 saturated carbocycles. The molecular formula is C10H17N3O3. The number of carbonyl (C=O) groups excluding carboxylic acids is 1. The normalized spacial score (nSPS) is 12.4. The van der Waals surface area contributed by atoms with Crippen LogP contribution in [0.4, 0.5) is 0 Å². The Morgan fingerprint density at radius 2 is 2.31 bits per heavy atom. The number of ether oxygens (including phenoxy) is 1. The van der Waals surface area contributed by atoms with Crippen molar-refractivity contribution in [3.63, 3.8) is 0 Å². The topological polar surface area (TPSA) is 91.2 Å². The van der Waals surface area contributed by atoms with E-state index in [1.807, 2.05) is 0 Å². The summed E-state index contributed by atoms with van der Waals surface area (Å²) in [5.74, 6) is -0.361. The molecule has 0 bridgehead atoms. The second-order valence-corrected chi connectivity index (χ2v) is 3.43. The van der Waals surface area contributed by atoms with Crippen LogP contribution in [0.15, 0.2) is 4.52 Å². The van der Waals surface area contributed by atoms with Gasteiger partial charge in [0.15, 0.2) is 0 Å². The quantitative estimate of drug-likeness (QED) is 0.739. The molecule has 0 aliphatic rings. The van der Waals surface area contributed by atoms with E-state index < -0.39 is 5.97 Å². The van der Waals surface area contributed by atoms with Crippen molar-refractivity contribution in [3.05, 3.63) is 11.7 Å². The van der Waals surface area contributed by atoms with Gasteiger partial charge in [-0.1, -0.05) is 19.8 Å². The Balaban J connectivity index is 2.59. The van der Waals surface area contributed by atoms with E-state index in [9.17, 15) is 4.79 Å². The van der Waals surface area contributed by atoms with Gasteiger partial charge in [0, 0.05) is 0 Å². The number of nitrogens with two attached hydrogens (primary N) is 1. The highest BCUT2D eigenvalue weighted by atomic mass is 16.5. The van der Waals surface area contributed by atoms with Gasteiger partial charge in [-0.15, -0.1) is 0 Å². The molecule has 0 spiro atoms. The number of aromatic nitrogens is 2. The van der Waals surface area contributed by atoms with Crippen molar-refractivity contribution in [1.82, 2.24) is 10.1 Å². The van der Waals surface area contributed by atoms with E-state index >= 15 is 0 Å². The molecule has 0 aliphatic heterocycles. The Kier molecular flexibility index (Phi) is 4.91. The Hall–Kier alpha value is -1.43. The number of esters is 1. The lowest BCUT2D eigenvalue weighted by Gasteiger charge is -2.03. The number of unbranched alkanes of at least 4 members (excludes halogenated alkanes) is 1. The summed E-state index contributed by atoms with van der Waals surface area (Å²) >= 11 is 0. The standard InChI is InChI=1S/C10H17N3O3/c1-3-5-6-7(11)9-12-8(13-16-9)10(14)15-4-2/h7H,3-6,11H2,1-2H3/t7-/m0/s1. The Morgan fingerprint density at radius 3 is 2.94 bits per heavy atom. The Labute approximate surface area is 94.2 Å². The van der Waals surface area contributed by atoms with Crippen LogP contribution >= 0.6 is 0 Å². The summed E-state index contributed by atoms with van der Waals surface area (Å²) in [6, 6.07) is -0.310. The zero-order chi connectivity index (χ0) is 12.0. The predicted octanol–water partition coefficient (Wildman–Crippen LogP) is 1.44. The van der Waals surface area contributed by atoms with Gasteiger partial charge in [0.05, 0.1) is 12.6 Å². The summed E-state index contributed by atoms with van der Waals surface area (Å²) in [6.07, 6.45) is 2.80. The third-order valence-corrected chi connectivity index (χ3v) is 2.09. The summed E-state index contributed by atoms with van der Waals surface area (Å²) in [5.41, 5.74) is 5.82. The first-order chi connectivity index (χ1) is 7.69. The second kappa shape index (κ2) is 6.22. The molecule has 6 heteroatoms. The summed E-state index contributed by atoms with van der Waals surface area (Å²) in [5, 5.41) is 3.52. The van der Waals surface area contributed by atoms with Crippen LogP contribution in [0.2, 0.25) is 0 Å². The first-order valence-corrected chi connectivity index (χ1v) is 5.45. The van der Waals surface area contributed by atoms with Gasteiger partial charge in [-0.05, 0) is 18.5 Å². The maximum Gasteiger partial charge on any atom is 0.379 e. The molecule has 16 heavy (non-hydrogen) atoms. The van der Waals surface area contributed by atoms with Crippen molar-refractivity contribution in [2.45, 2.75) is 39.2 Å². The summed E-state index contributed by atoms with van der Waals surface area (Å²) in [6.45, 7) is 4.07. The third-order valence-electron chi connectivity index (χ3n) is 2.09. The van der Waals surface area contributed by atoms with E-state index in [0.717, 1.165) is 19.3 Å². The number of nitrogens with zero attached hydrogens (tertiary/aromatic N) is 2. The molecule has 1 atom stereocenters. The maximum absolute atomic E-state index is 11.2. The van der Waals surface area contributed by atoms with Crippen LogP contribution in [0.1, 0.15) is 55.7 Å². The van der Waals surface area contributed by atoms with E-state index in [1.54, 1.807) is 6.92 Å². The van der Waals surface area contributed by atoms with Crippen LogP contribution in [0, 0.1) is 0 Å². The smallest absolute Gasteiger partial charge is 0.379 e. The molecule has 1 heterocycles. The summed E-state index contributed by atoms with van der Waals surface area (Å²) in [7, 11) is 0. The monoisotopic (exact) mass is 227 g/mol. The van der Waals surface area contributed by atoms with Gasteiger partial charge in [-0.3, -0.25) is 0 Å². The number of carbonyl (C=O) groups is 1. The molecule has 90 valence electrons. The minimum Gasteiger partial charge on any atom is -0.460 e. The zero-order valence-electron chi connectivity index (χ0n) is 9.60. The van der Waals surface area contributed by atoms with E-state index in [1.165, 1.54) is 0 Å². The molecule has 0 unspecified atom stereocenters. The van der Waals surface area contributed by atoms with Crippen LogP contribution in [-0.2, 0) is 4.74 Å². The molecule has 1 aromatic rings. The van der Waals surface area contributed by atoms with E-state index in [4.69, 9.17) is 15.0 Å². The van der Waals surface area contributed by atoms with E-state index in [0.29, 0.717) is 0 Å². The largest absolute Gasteiger partial charge is 0.460 e. The molecule has 0 aromatic carbocycles. The highest BCUT2D eigenvalue weighted by Gasteiger charge is 2.19. The SMILES string of the molecule is CCCC[C@H](N)c1nc(C(=O)OCC)no1. The molecule has 1 aromatic heterocycles. The molecule has 6 nitrogen and oxygen atoms in total. The van der Waals surface area contributed by atoms with E-state index in [-0.39, 0.29) is 24.4 Å². The van der Waals surface area contributed by atoms with Gasteiger partial charge in [0.1, 0.15) is 0 Å². The van der Waals surface area contributed by atoms with Gasteiger partial charge in [-0.25, -0.2) is 4.79 Å². The summed E-state index contributed by atoms with van der Waals surface area (Å²) in [4.78, 5) is 15.2. The molecule has 0 aliphatic carbocycles. The highest BCUT2D eigenvalue weighted by Crippen LogP contribution is 2.14. The van der Waals surface area contributed by atoms with Gasteiger partial charge < -0.3 is 15.0 Å². The number of hydrogen-bond donors (Lipinski definition) is 1. The second-order valence-electron chi connectivity index (χ2n) is 3.43. The van der Waals surface area contributed by atoms with Crippen LogP contribution in [0.3, 0.4) is 0 Å². The molecule has 2 N–H and O–H groups in total. The van der Waals surface area contributed by atoms with Crippen molar-refractivity contribution in [2.75, 3.05) is 6.61 Å². The van der Waals surface area contributed by atoms with Gasteiger partial charge in [0.2, 0.25) is 5.89 Å². The zero-order valence-corrected chi connectivity index (χ0v) is 9.60. The van der Waals surface area contributed by atoms with E-state index in [2.05, 4.69) is 17.1 Å². The fraction of sp³-hybridized carbons (Fsp3) is 0.700. The number of rotatable bonds is 6. The first kappa shape index (κ1) is 12.6. The fourth-order valence-corrected chi connectivity index (χ4v) is 1.21. The minimum atomic E-state index is -0.583. The lowest BCUT2D eigenvalue weighted by atomic mass is 10.1. The molecule has 0 radical (unpaired) electrons. The maximum atomic E-state index is 11.2. The van der Waals surface area contributed by atoms with Crippen molar-refractivity contribution in [3.8, 4) is 0 Å². The minimum absolute atomic E-state index is 0.0659. The average molecular weight is 227 g/mol. The Morgan fingerprint density at radius 1 is 1.56 bits per heavy atom.